The van der Waals surface area contributed by atoms with Gasteiger partial charge in [-0.05, 0) is 35.2 Å². The Morgan fingerprint density at radius 1 is 0.967 bits per heavy atom. The van der Waals surface area contributed by atoms with Gasteiger partial charge in [-0.3, -0.25) is 9.89 Å². The molecule has 2 aromatic rings. The number of morpholine rings is 1. The van der Waals surface area contributed by atoms with Crippen molar-refractivity contribution in [2.45, 2.75) is 19.5 Å². The van der Waals surface area contributed by atoms with Gasteiger partial charge >= 0.3 is 0 Å². The molecule has 0 aromatic heterocycles. The van der Waals surface area contributed by atoms with Gasteiger partial charge < -0.3 is 24.8 Å². The van der Waals surface area contributed by atoms with Crippen LogP contribution in [-0.4, -0.2) is 57.5 Å². The minimum atomic E-state index is 0.307. The van der Waals surface area contributed by atoms with Crippen LogP contribution < -0.4 is 20.1 Å². The quantitative estimate of drug-likeness (QED) is 0.539. The number of rotatable bonds is 7. The molecule has 160 valence electrons. The molecule has 2 aliphatic heterocycles. The molecule has 0 amide bonds. The Bertz CT molecular complexity index is 865. The van der Waals surface area contributed by atoms with Gasteiger partial charge in [-0.15, -0.1) is 0 Å². The molecule has 0 radical (unpaired) electrons. The van der Waals surface area contributed by atoms with Gasteiger partial charge in [-0.25, -0.2) is 0 Å². The first-order chi connectivity index (χ1) is 14.8. The van der Waals surface area contributed by atoms with E-state index in [1.807, 2.05) is 12.1 Å². The van der Waals surface area contributed by atoms with Crippen molar-refractivity contribution < 1.29 is 14.2 Å². The van der Waals surface area contributed by atoms with Gasteiger partial charge in [0.05, 0.1) is 13.2 Å². The number of nitrogens with one attached hydrogen (secondary N) is 2. The highest BCUT2D eigenvalue weighted by molar-refractivity contribution is 5.79. The largest absolute Gasteiger partial charge is 0.454 e. The molecule has 30 heavy (non-hydrogen) atoms. The lowest BCUT2D eigenvalue weighted by Crippen LogP contribution is -2.38. The first-order valence-electron chi connectivity index (χ1n) is 10.5. The molecule has 0 unspecified atom stereocenters. The summed E-state index contributed by atoms with van der Waals surface area (Å²) in [4.78, 5) is 6.77. The number of hydrogen-bond donors (Lipinski definition) is 2. The van der Waals surface area contributed by atoms with Gasteiger partial charge in [0, 0.05) is 39.8 Å². The molecule has 0 saturated carbocycles. The van der Waals surface area contributed by atoms with E-state index < -0.39 is 0 Å². The molecule has 0 atom stereocenters. The van der Waals surface area contributed by atoms with Gasteiger partial charge in [0.15, 0.2) is 17.5 Å². The summed E-state index contributed by atoms with van der Waals surface area (Å²) in [6.45, 7) is 6.47. The number of benzene rings is 2. The zero-order valence-electron chi connectivity index (χ0n) is 17.5. The standard InChI is InChI=1S/C23H30N4O3/c1-24-23(25-8-7-18-5-6-21-22(14-18)30-17-29-21)26-15-19-3-2-4-20(13-19)16-27-9-11-28-12-10-27/h2-6,13-14H,7-12,15-17H2,1H3,(H2,24,25,26). The second kappa shape index (κ2) is 10.3. The van der Waals surface area contributed by atoms with Crippen LogP contribution in [0.2, 0.25) is 0 Å². The molecule has 1 saturated heterocycles. The van der Waals surface area contributed by atoms with Crippen LogP contribution in [-0.2, 0) is 24.2 Å². The lowest BCUT2D eigenvalue weighted by Gasteiger charge is -2.26. The molecule has 2 heterocycles. The number of aliphatic imine (C=N–C) groups is 1. The number of ether oxygens (including phenoxy) is 3. The van der Waals surface area contributed by atoms with Gasteiger partial charge in [0.1, 0.15) is 0 Å². The summed E-state index contributed by atoms with van der Waals surface area (Å²) in [6, 6.07) is 14.8. The summed E-state index contributed by atoms with van der Waals surface area (Å²) < 4.78 is 16.2. The lowest BCUT2D eigenvalue weighted by molar-refractivity contribution is 0.0342. The molecule has 7 heteroatoms. The van der Waals surface area contributed by atoms with Crippen molar-refractivity contribution in [1.29, 1.82) is 0 Å². The highest BCUT2D eigenvalue weighted by Crippen LogP contribution is 2.32. The average Bonchev–Trinajstić information content (AvgIpc) is 3.25. The number of nitrogens with zero attached hydrogens (tertiary/aromatic N) is 2. The Morgan fingerprint density at radius 3 is 2.67 bits per heavy atom. The lowest BCUT2D eigenvalue weighted by atomic mass is 10.1. The van der Waals surface area contributed by atoms with E-state index in [2.05, 4.69) is 50.9 Å². The Labute approximate surface area is 178 Å². The fraction of sp³-hybridized carbons (Fsp3) is 0.435. The maximum Gasteiger partial charge on any atom is 0.231 e. The SMILES string of the molecule is CN=C(NCCc1ccc2c(c1)OCO2)NCc1cccc(CN2CCOCC2)c1. The predicted octanol–water partition coefficient (Wildman–Crippen LogP) is 2.16. The van der Waals surface area contributed by atoms with Gasteiger partial charge in [0.25, 0.3) is 0 Å². The van der Waals surface area contributed by atoms with Crippen LogP contribution in [0.3, 0.4) is 0 Å². The van der Waals surface area contributed by atoms with Crippen molar-refractivity contribution >= 4 is 5.96 Å². The second-order valence-corrected chi connectivity index (χ2v) is 7.50. The Hall–Kier alpha value is -2.77. The van der Waals surface area contributed by atoms with Crippen LogP contribution in [0.25, 0.3) is 0 Å². The summed E-state index contributed by atoms with van der Waals surface area (Å²) in [5.74, 6) is 2.45. The number of hydrogen-bond acceptors (Lipinski definition) is 5. The molecule has 0 aliphatic carbocycles. The van der Waals surface area contributed by atoms with Crippen molar-refractivity contribution in [3.63, 3.8) is 0 Å². The van der Waals surface area contributed by atoms with E-state index in [0.29, 0.717) is 6.79 Å². The van der Waals surface area contributed by atoms with Crippen LogP contribution in [0.1, 0.15) is 16.7 Å². The molecule has 0 spiro atoms. The number of guanidine groups is 1. The van der Waals surface area contributed by atoms with Crippen molar-refractivity contribution in [2.24, 2.45) is 4.99 Å². The molecule has 2 aromatic carbocycles. The highest BCUT2D eigenvalue weighted by Gasteiger charge is 2.13. The minimum absolute atomic E-state index is 0.307. The molecule has 7 nitrogen and oxygen atoms in total. The van der Waals surface area contributed by atoms with Crippen LogP contribution in [0.5, 0.6) is 11.5 Å². The van der Waals surface area contributed by atoms with Crippen molar-refractivity contribution in [3.05, 3.63) is 59.2 Å². The van der Waals surface area contributed by atoms with Crippen LogP contribution in [0.15, 0.2) is 47.5 Å². The maximum atomic E-state index is 5.44. The predicted molar refractivity (Wildman–Crippen MR) is 117 cm³/mol. The molecule has 2 aliphatic rings. The van der Waals surface area contributed by atoms with E-state index in [1.165, 1.54) is 16.7 Å². The molecule has 2 N–H and O–H groups in total. The zero-order chi connectivity index (χ0) is 20.6. The van der Waals surface area contributed by atoms with E-state index in [4.69, 9.17) is 14.2 Å². The molecule has 0 bridgehead atoms. The highest BCUT2D eigenvalue weighted by atomic mass is 16.7. The first kappa shape index (κ1) is 20.5. The fourth-order valence-electron chi connectivity index (χ4n) is 3.68. The average molecular weight is 411 g/mol. The van der Waals surface area contributed by atoms with E-state index in [1.54, 1.807) is 7.05 Å². The van der Waals surface area contributed by atoms with Gasteiger partial charge in [-0.1, -0.05) is 30.3 Å². The summed E-state index contributed by atoms with van der Waals surface area (Å²) in [5.41, 5.74) is 3.79. The minimum Gasteiger partial charge on any atom is -0.454 e. The van der Waals surface area contributed by atoms with Crippen LogP contribution >= 0.6 is 0 Å². The van der Waals surface area contributed by atoms with E-state index >= 15 is 0 Å². The maximum absolute atomic E-state index is 5.44. The van der Waals surface area contributed by atoms with Crippen LogP contribution in [0.4, 0.5) is 0 Å². The Kier molecular flexibility index (Phi) is 7.05. The molecular weight excluding hydrogens is 380 g/mol. The Balaban J connectivity index is 1.22. The topological polar surface area (TPSA) is 67.4 Å². The molecule has 1 fully saturated rings. The summed E-state index contributed by atoms with van der Waals surface area (Å²) in [7, 11) is 1.80. The molecular formula is C23H30N4O3. The summed E-state index contributed by atoms with van der Waals surface area (Å²) >= 11 is 0. The van der Waals surface area contributed by atoms with E-state index in [0.717, 1.165) is 69.8 Å². The van der Waals surface area contributed by atoms with Gasteiger partial charge in [-0.2, -0.15) is 0 Å². The van der Waals surface area contributed by atoms with Crippen molar-refractivity contribution in [1.82, 2.24) is 15.5 Å². The van der Waals surface area contributed by atoms with E-state index in [-0.39, 0.29) is 0 Å². The van der Waals surface area contributed by atoms with Gasteiger partial charge in [0.2, 0.25) is 6.79 Å². The van der Waals surface area contributed by atoms with E-state index in [9.17, 15) is 0 Å². The first-order valence-corrected chi connectivity index (χ1v) is 10.5. The third kappa shape index (κ3) is 5.64. The van der Waals surface area contributed by atoms with Crippen molar-refractivity contribution in [3.8, 4) is 11.5 Å². The second-order valence-electron chi connectivity index (χ2n) is 7.50. The van der Waals surface area contributed by atoms with Crippen LogP contribution in [0, 0.1) is 0 Å². The third-order valence-corrected chi connectivity index (χ3v) is 5.33. The number of fused-ring (bicyclic) bond motifs is 1. The Morgan fingerprint density at radius 2 is 1.80 bits per heavy atom. The zero-order valence-corrected chi connectivity index (χ0v) is 17.5. The summed E-state index contributed by atoms with van der Waals surface area (Å²) in [5, 5.41) is 6.79. The fourth-order valence-corrected chi connectivity index (χ4v) is 3.68. The van der Waals surface area contributed by atoms with Crippen molar-refractivity contribution in [2.75, 3.05) is 46.7 Å². The molecule has 4 rings (SSSR count). The normalized spacial score (nSPS) is 16.5. The third-order valence-electron chi connectivity index (χ3n) is 5.33. The smallest absolute Gasteiger partial charge is 0.231 e. The monoisotopic (exact) mass is 410 g/mol. The summed E-state index contributed by atoms with van der Waals surface area (Å²) in [6.07, 6.45) is 0.881.